The fraction of sp³-hybridized carbons (Fsp3) is 0.200. The van der Waals surface area contributed by atoms with Crippen molar-refractivity contribution < 1.29 is 0 Å². The lowest BCUT2D eigenvalue weighted by Gasteiger charge is -2.07. The second kappa shape index (κ2) is 5.95. The average molecular weight is 352 g/mol. The first-order valence-electron chi connectivity index (χ1n) is 6.62. The van der Waals surface area contributed by atoms with Crippen LogP contribution < -0.4 is 11.4 Å². The Balaban J connectivity index is 1.95. The normalized spacial score (nSPS) is 11.2. The smallest absolute Gasteiger partial charge is 0.281 e. The van der Waals surface area contributed by atoms with E-state index in [1.54, 1.807) is 0 Å². The molecule has 0 spiro atoms. The van der Waals surface area contributed by atoms with Crippen LogP contribution in [0.2, 0.25) is 5.02 Å². The van der Waals surface area contributed by atoms with Gasteiger partial charge in [0, 0.05) is 15.7 Å². The molecule has 2 aromatic heterocycles. The van der Waals surface area contributed by atoms with E-state index in [4.69, 9.17) is 17.4 Å². The number of fused-ring (bicyclic) bond motifs is 1. The topological polar surface area (TPSA) is 60.9 Å². The quantitative estimate of drug-likeness (QED) is 0.443. The number of rotatable bonds is 3. The Morgan fingerprint density at radius 1 is 1.32 bits per heavy atom. The number of benzene rings is 1. The van der Waals surface area contributed by atoms with Crippen LogP contribution in [0.3, 0.4) is 0 Å². The molecule has 0 unspecified atom stereocenters. The third kappa shape index (κ3) is 2.74. The highest BCUT2D eigenvalue weighted by Gasteiger charge is 2.15. The molecule has 3 rings (SSSR count). The van der Waals surface area contributed by atoms with Gasteiger partial charge in [-0.15, -0.1) is 11.3 Å². The van der Waals surface area contributed by atoms with Crippen molar-refractivity contribution in [1.29, 1.82) is 0 Å². The Morgan fingerprint density at radius 3 is 2.68 bits per heavy atom. The maximum atomic E-state index is 12.4. The van der Waals surface area contributed by atoms with Crippen LogP contribution in [0.1, 0.15) is 16.0 Å². The van der Waals surface area contributed by atoms with Crippen LogP contribution in [0.4, 0.5) is 0 Å². The summed E-state index contributed by atoms with van der Waals surface area (Å²) in [5.74, 6) is 6.60. The number of thioether (sulfide) groups is 1. The summed E-state index contributed by atoms with van der Waals surface area (Å²) in [6.07, 6.45) is 0. The van der Waals surface area contributed by atoms with Gasteiger partial charge >= 0.3 is 0 Å². The van der Waals surface area contributed by atoms with Crippen molar-refractivity contribution in [2.75, 3.05) is 5.84 Å². The summed E-state index contributed by atoms with van der Waals surface area (Å²) in [4.78, 5) is 18.8. The second-order valence-corrected chi connectivity index (χ2v) is 7.53. The molecular formula is C15H14ClN3OS2. The number of hydrogen-bond donors (Lipinski definition) is 1. The van der Waals surface area contributed by atoms with Crippen molar-refractivity contribution in [3.63, 3.8) is 0 Å². The fourth-order valence-electron chi connectivity index (χ4n) is 2.12. The molecule has 0 bridgehead atoms. The first-order chi connectivity index (χ1) is 10.5. The number of halogens is 1. The van der Waals surface area contributed by atoms with E-state index < -0.39 is 0 Å². The Bertz CT molecular complexity index is 900. The summed E-state index contributed by atoms with van der Waals surface area (Å²) in [7, 11) is 0. The molecule has 7 heteroatoms. The van der Waals surface area contributed by atoms with Crippen LogP contribution in [0.15, 0.2) is 34.2 Å². The predicted octanol–water partition coefficient (Wildman–Crippen LogP) is 3.73. The number of aryl methyl sites for hydroxylation is 2. The molecular weight excluding hydrogens is 338 g/mol. The molecule has 0 aliphatic heterocycles. The predicted molar refractivity (Wildman–Crippen MR) is 94.5 cm³/mol. The number of thiophene rings is 1. The molecule has 1 aromatic carbocycles. The number of aromatic nitrogens is 2. The molecule has 0 saturated heterocycles. The molecule has 0 radical (unpaired) electrons. The molecule has 0 aliphatic rings. The SMILES string of the molecule is Cc1sc2nc(SCc3ccc(Cl)cc3)n(N)c(=O)c2c1C. The summed E-state index contributed by atoms with van der Waals surface area (Å²) < 4.78 is 1.14. The Labute approximate surface area is 140 Å². The fourth-order valence-corrected chi connectivity index (χ4v) is 4.19. The lowest BCUT2D eigenvalue weighted by atomic mass is 10.2. The molecule has 3 aromatic rings. The van der Waals surface area contributed by atoms with E-state index >= 15 is 0 Å². The van der Waals surface area contributed by atoms with E-state index in [2.05, 4.69) is 4.98 Å². The van der Waals surface area contributed by atoms with Crippen LogP contribution >= 0.6 is 34.7 Å². The van der Waals surface area contributed by atoms with Gasteiger partial charge in [-0.05, 0) is 37.1 Å². The minimum atomic E-state index is -0.189. The van der Waals surface area contributed by atoms with Gasteiger partial charge < -0.3 is 5.84 Å². The highest BCUT2D eigenvalue weighted by atomic mass is 35.5. The zero-order valence-corrected chi connectivity index (χ0v) is 14.5. The van der Waals surface area contributed by atoms with Gasteiger partial charge in [-0.2, -0.15) is 0 Å². The van der Waals surface area contributed by atoms with E-state index in [9.17, 15) is 4.79 Å². The van der Waals surface area contributed by atoms with Gasteiger partial charge in [0.2, 0.25) is 0 Å². The largest absolute Gasteiger partial charge is 0.334 e. The van der Waals surface area contributed by atoms with Crippen LogP contribution in [0, 0.1) is 13.8 Å². The summed E-state index contributed by atoms with van der Waals surface area (Å²) in [5.41, 5.74) is 1.87. The maximum absolute atomic E-state index is 12.4. The van der Waals surface area contributed by atoms with Crippen molar-refractivity contribution in [3.05, 3.63) is 55.6 Å². The number of nitrogens with zero attached hydrogens (tertiary/aromatic N) is 2. The van der Waals surface area contributed by atoms with Gasteiger partial charge in [0.05, 0.1) is 5.39 Å². The Kier molecular flexibility index (Phi) is 4.16. The summed E-state index contributed by atoms with van der Waals surface area (Å²) in [5, 5.41) is 1.85. The maximum Gasteiger partial charge on any atom is 0.281 e. The summed E-state index contributed by atoms with van der Waals surface area (Å²) in [6.45, 7) is 3.92. The molecule has 0 aliphatic carbocycles. The molecule has 0 saturated carbocycles. The third-order valence-electron chi connectivity index (χ3n) is 3.48. The average Bonchev–Trinajstić information content (AvgIpc) is 2.78. The molecule has 0 atom stereocenters. The van der Waals surface area contributed by atoms with Gasteiger partial charge in [0.1, 0.15) is 4.83 Å². The Hall–Kier alpha value is -1.50. The number of nitrogen functional groups attached to an aromatic ring is 1. The van der Waals surface area contributed by atoms with Gasteiger partial charge in [0.25, 0.3) is 5.56 Å². The van der Waals surface area contributed by atoms with E-state index in [0.29, 0.717) is 21.3 Å². The van der Waals surface area contributed by atoms with Crippen molar-refractivity contribution in [1.82, 2.24) is 9.66 Å². The van der Waals surface area contributed by atoms with Crippen LogP contribution in [0.25, 0.3) is 10.2 Å². The van der Waals surface area contributed by atoms with E-state index in [-0.39, 0.29) is 5.56 Å². The molecule has 4 nitrogen and oxygen atoms in total. The van der Waals surface area contributed by atoms with Gasteiger partial charge in [-0.3, -0.25) is 4.79 Å². The van der Waals surface area contributed by atoms with Gasteiger partial charge in [0.15, 0.2) is 5.16 Å². The minimum absolute atomic E-state index is 0.189. The second-order valence-electron chi connectivity index (χ2n) is 4.95. The molecule has 0 fully saturated rings. The zero-order valence-electron chi connectivity index (χ0n) is 12.1. The van der Waals surface area contributed by atoms with Crippen LogP contribution in [-0.2, 0) is 5.75 Å². The zero-order chi connectivity index (χ0) is 15.9. The lowest BCUT2D eigenvalue weighted by molar-refractivity contribution is 0.781. The highest BCUT2D eigenvalue weighted by molar-refractivity contribution is 7.98. The lowest BCUT2D eigenvalue weighted by Crippen LogP contribution is -2.29. The standard InChI is InChI=1S/C15H14ClN3OS2/c1-8-9(2)22-13-12(8)14(20)19(17)15(18-13)21-7-10-3-5-11(16)6-4-10/h3-6H,7,17H2,1-2H3. The van der Waals surface area contributed by atoms with E-state index in [0.717, 1.165) is 25.5 Å². The molecule has 114 valence electrons. The molecule has 2 N–H and O–H groups in total. The highest BCUT2D eigenvalue weighted by Crippen LogP contribution is 2.28. The number of nitrogens with two attached hydrogens (primary N) is 1. The van der Waals surface area contributed by atoms with Gasteiger partial charge in [-0.25, -0.2) is 9.66 Å². The van der Waals surface area contributed by atoms with E-state index in [1.807, 2.05) is 38.1 Å². The van der Waals surface area contributed by atoms with E-state index in [1.165, 1.54) is 23.1 Å². The first kappa shape index (κ1) is 15.4. The summed E-state index contributed by atoms with van der Waals surface area (Å²) in [6, 6.07) is 7.59. The third-order valence-corrected chi connectivity index (χ3v) is 5.86. The minimum Gasteiger partial charge on any atom is -0.334 e. The Morgan fingerprint density at radius 2 is 2.00 bits per heavy atom. The van der Waals surface area contributed by atoms with Crippen molar-refractivity contribution in [2.24, 2.45) is 0 Å². The number of hydrogen-bond acceptors (Lipinski definition) is 5. The molecule has 22 heavy (non-hydrogen) atoms. The molecule has 2 heterocycles. The summed E-state index contributed by atoms with van der Waals surface area (Å²) >= 11 is 8.84. The van der Waals surface area contributed by atoms with Crippen LogP contribution in [0.5, 0.6) is 0 Å². The van der Waals surface area contributed by atoms with Crippen molar-refractivity contribution >= 4 is 44.9 Å². The van der Waals surface area contributed by atoms with Crippen LogP contribution in [-0.4, -0.2) is 9.66 Å². The van der Waals surface area contributed by atoms with Gasteiger partial charge in [-0.1, -0.05) is 35.5 Å². The van der Waals surface area contributed by atoms with Crippen molar-refractivity contribution in [2.45, 2.75) is 24.8 Å². The first-order valence-corrected chi connectivity index (χ1v) is 8.80. The van der Waals surface area contributed by atoms with Crippen molar-refractivity contribution in [3.8, 4) is 0 Å². The monoisotopic (exact) mass is 351 g/mol. The molecule has 0 amide bonds.